The van der Waals surface area contributed by atoms with Gasteiger partial charge in [0, 0.05) is 24.7 Å². The second kappa shape index (κ2) is 10.2. The lowest BCUT2D eigenvalue weighted by Gasteiger charge is -2.16. The third kappa shape index (κ3) is 5.27. The lowest BCUT2D eigenvalue weighted by molar-refractivity contribution is -0.115. The van der Waals surface area contributed by atoms with E-state index in [1.807, 2.05) is 6.07 Å². The maximum absolute atomic E-state index is 14.0. The van der Waals surface area contributed by atoms with Gasteiger partial charge in [0.05, 0.1) is 21.8 Å². The van der Waals surface area contributed by atoms with Crippen molar-refractivity contribution in [3.63, 3.8) is 0 Å². The van der Waals surface area contributed by atoms with Crippen molar-refractivity contribution in [1.29, 1.82) is 0 Å². The predicted molar refractivity (Wildman–Crippen MR) is 121 cm³/mol. The van der Waals surface area contributed by atoms with Crippen LogP contribution in [0.4, 0.5) is 10.1 Å². The SMILES string of the molecule is COCCCn1c(SC(C)C(=O)Nc2ccc(Br)cc2F)nc2ccccc2c1=O. The number of hydrogen-bond acceptors (Lipinski definition) is 5. The summed E-state index contributed by atoms with van der Waals surface area (Å²) in [6.07, 6.45) is 0.634. The van der Waals surface area contributed by atoms with Crippen LogP contribution in [0.25, 0.3) is 10.9 Å². The molecule has 0 radical (unpaired) electrons. The van der Waals surface area contributed by atoms with Crippen LogP contribution in [0.2, 0.25) is 0 Å². The number of para-hydroxylation sites is 1. The average molecular weight is 494 g/mol. The standard InChI is InChI=1S/C21H21BrFN3O3S/c1-13(19(27)24-18-9-8-14(22)12-16(18)23)30-21-25-17-7-4-3-6-15(17)20(28)26(21)10-5-11-29-2/h3-4,6-9,12-13H,5,10-11H2,1-2H3,(H,24,27). The minimum atomic E-state index is -0.602. The Bertz CT molecular complexity index is 1120. The smallest absolute Gasteiger partial charge is 0.262 e. The first-order valence-electron chi connectivity index (χ1n) is 9.32. The Kier molecular flexibility index (Phi) is 7.63. The molecular formula is C21H21BrFN3O3S. The Morgan fingerprint density at radius 2 is 2.10 bits per heavy atom. The summed E-state index contributed by atoms with van der Waals surface area (Å²) < 4.78 is 21.3. The molecule has 1 unspecified atom stereocenters. The van der Waals surface area contributed by atoms with Crippen molar-refractivity contribution < 1.29 is 13.9 Å². The molecule has 158 valence electrons. The molecule has 1 aromatic heterocycles. The van der Waals surface area contributed by atoms with Gasteiger partial charge >= 0.3 is 0 Å². The van der Waals surface area contributed by atoms with E-state index in [1.165, 1.54) is 12.1 Å². The Morgan fingerprint density at radius 1 is 1.33 bits per heavy atom. The summed E-state index contributed by atoms with van der Waals surface area (Å²) in [5.74, 6) is -0.915. The highest BCUT2D eigenvalue weighted by molar-refractivity contribution is 9.10. The molecule has 2 aromatic carbocycles. The van der Waals surface area contributed by atoms with Crippen LogP contribution in [0.5, 0.6) is 0 Å². The van der Waals surface area contributed by atoms with Crippen molar-refractivity contribution in [2.75, 3.05) is 19.0 Å². The number of nitrogens with zero attached hydrogens (tertiary/aromatic N) is 2. The van der Waals surface area contributed by atoms with Gasteiger partial charge in [0.15, 0.2) is 5.16 Å². The van der Waals surface area contributed by atoms with Crippen LogP contribution < -0.4 is 10.9 Å². The van der Waals surface area contributed by atoms with Gasteiger partial charge in [0.1, 0.15) is 5.82 Å². The molecule has 0 fully saturated rings. The molecule has 0 aliphatic rings. The fourth-order valence-electron chi connectivity index (χ4n) is 2.84. The topological polar surface area (TPSA) is 73.2 Å². The summed E-state index contributed by atoms with van der Waals surface area (Å²) in [6, 6.07) is 11.5. The molecule has 0 aliphatic carbocycles. The van der Waals surface area contributed by atoms with E-state index in [2.05, 4.69) is 26.2 Å². The fraction of sp³-hybridized carbons (Fsp3) is 0.286. The second-order valence-electron chi connectivity index (χ2n) is 6.59. The zero-order chi connectivity index (χ0) is 21.7. The first kappa shape index (κ1) is 22.5. The second-order valence-corrected chi connectivity index (χ2v) is 8.81. The number of rotatable bonds is 8. The number of carbonyl (C=O) groups excluding carboxylic acids is 1. The van der Waals surface area contributed by atoms with Crippen molar-refractivity contribution in [2.24, 2.45) is 0 Å². The number of aromatic nitrogens is 2. The minimum Gasteiger partial charge on any atom is -0.385 e. The predicted octanol–water partition coefficient (Wildman–Crippen LogP) is 4.45. The molecular weight excluding hydrogens is 473 g/mol. The lowest BCUT2D eigenvalue weighted by atomic mass is 10.2. The lowest BCUT2D eigenvalue weighted by Crippen LogP contribution is -2.27. The van der Waals surface area contributed by atoms with Crippen LogP contribution >= 0.6 is 27.7 Å². The molecule has 0 aliphatic heterocycles. The number of carbonyl (C=O) groups is 1. The number of methoxy groups -OCH3 is 1. The van der Waals surface area contributed by atoms with E-state index in [4.69, 9.17) is 4.74 Å². The summed E-state index contributed by atoms with van der Waals surface area (Å²) >= 11 is 4.35. The summed E-state index contributed by atoms with van der Waals surface area (Å²) in [4.78, 5) is 30.2. The van der Waals surface area contributed by atoms with Crippen molar-refractivity contribution in [3.05, 3.63) is 63.1 Å². The zero-order valence-corrected chi connectivity index (χ0v) is 18.9. The Hall–Kier alpha value is -2.23. The van der Waals surface area contributed by atoms with E-state index in [0.717, 1.165) is 11.8 Å². The summed E-state index contributed by atoms with van der Waals surface area (Å²) in [6.45, 7) is 2.61. The third-order valence-corrected chi connectivity index (χ3v) is 5.98. The summed E-state index contributed by atoms with van der Waals surface area (Å²) in [7, 11) is 1.60. The van der Waals surface area contributed by atoms with Crippen molar-refractivity contribution in [3.8, 4) is 0 Å². The highest BCUT2D eigenvalue weighted by atomic mass is 79.9. The number of benzene rings is 2. The monoisotopic (exact) mass is 493 g/mol. The van der Waals surface area contributed by atoms with Crippen LogP contribution in [0.1, 0.15) is 13.3 Å². The molecule has 30 heavy (non-hydrogen) atoms. The number of nitrogens with one attached hydrogen (secondary N) is 1. The van der Waals surface area contributed by atoms with Gasteiger partial charge < -0.3 is 10.1 Å². The molecule has 0 spiro atoms. The van der Waals surface area contributed by atoms with Gasteiger partial charge in [-0.1, -0.05) is 39.8 Å². The van der Waals surface area contributed by atoms with Crippen molar-refractivity contribution in [2.45, 2.75) is 30.3 Å². The number of anilines is 1. The van der Waals surface area contributed by atoms with Crippen molar-refractivity contribution >= 4 is 50.2 Å². The molecule has 3 aromatic rings. The molecule has 1 heterocycles. The number of amides is 1. The molecule has 1 N–H and O–H groups in total. The molecule has 0 bridgehead atoms. The van der Waals surface area contributed by atoms with Crippen LogP contribution in [0.15, 0.2) is 56.9 Å². The van der Waals surface area contributed by atoms with E-state index in [9.17, 15) is 14.0 Å². The molecule has 3 rings (SSSR count). The van der Waals surface area contributed by atoms with E-state index in [1.54, 1.807) is 42.9 Å². The zero-order valence-electron chi connectivity index (χ0n) is 16.5. The summed E-state index contributed by atoms with van der Waals surface area (Å²) in [5.41, 5.74) is 0.505. The van der Waals surface area contributed by atoms with E-state index < -0.39 is 11.1 Å². The van der Waals surface area contributed by atoms with Gasteiger partial charge in [-0.3, -0.25) is 14.2 Å². The fourth-order valence-corrected chi connectivity index (χ4v) is 4.11. The van der Waals surface area contributed by atoms with E-state index >= 15 is 0 Å². The van der Waals surface area contributed by atoms with Gasteiger partial charge in [0.25, 0.3) is 5.56 Å². The van der Waals surface area contributed by atoms with Crippen molar-refractivity contribution in [1.82, 2.24) is 9.55 Å². The largest absolute Gasteiger partial charge is 0.385 e. The first-order chi connectivity index (χ1) is 14.4. The van der Waals surface area contributed by atoms with Gasteiger partial charge in [-0.2, -0.15) is 0 Å². The van der Waals surface area contributed by atoms with Crippen LogP contribution in [-0.4, -0.2) is 34.4 Å². The molecule has 9 heteroatoms. The quantitative estimate of drug-likeness (QED) is 0.285. The number of fused-ring (bicyclic) bond motifs is 1. The van der Waals surface area contributed by atoms with Crippen LogP contribution in [0.3, 0.4) is 0 Å². The van der Waals surface area contributed by atoms with Crippen LogP contribution in [0, 0.1) is 5.82 Å². The van der Waals surface area contributed by atoms with Gasteiger partial charge in [0.2, 0.25) is 5.91 Å². The number of hydrogen-bond donors (Lipinski definition) is 1. The number of ether oxygens (including phenoxy) is 1. The maximum atomic E-state index is 14.0. The van der Waals surface area contributed by atoms with Gasteiger partial charge in [-0.15, -0.1) is 0 Å². The maximum Gasteiger partial charge on any atom is 0.262 e. The molecule has 0 saturated carbocycles. The molecule has 1 amide bonds. The Labute approximate surface area is 186 Å². The number of thioether (sulfide) groups is 1. The Balaban J connectivity index is 1.86. The third-order valence-electron chi connectivity index (χ3n) is 4.40. The molecule has 0 saturated heterocycles. The Morgan fingerprint density at radius 3 is 2.83 bits per heavy atom. The van der Waals surface area contributed by atoms with Crippen LogP contribution in [-0.2, 0) is 16.1 Å². The minimum absolute atomic E-state index is 0.0969. The normalized spacial score (nSPS) is 12.1. The highest BCUT2D eigenvalue weighted by Gasteiger charge is 2.20. The van der Waals surface area contributed by atoms with Gasteiger partial charge in [-0.05, 0) is 43.7 Å². The van der Waals surface area contributed by atoms with Gasteiger partial charge in [-0.25, -0.2) is 9.37 Å². The van der Waals surface area contributed by atoms with E-state index in [-0.39, 0.29) is 17.2 Å². The first-order valence-corrected chi connectivity index (χ1v) is 11.0. The summed E-state index contributed by atoms with van der Waals surface area (Å²) in [5, 5.41) is 2.95. The van der Waals surface area contributed by atoms with E-state index in [0.29, 0.717) is 40.1 Å². The average Bonchev–Trinajstić information content (AvgIpc) is 2.72. The molecule has 6 nitrogen and oxygen atoms in total. The highest BCUT2D eigenvalue weighted by Crippen LogP contribution is 2.25. The number of halogens is 2. The molecule has 1 atom stereocenters.